The fourth-order valence-corrected chi connectivity index (χ4v) is 8.17. The van der Waals surface area contributed by atoms with Gasteiger partial charge in [0.25, 0.3) is 0 Å². The van der Waals surface area contributed by atoms with Crippen LogP contribution in [0.4, 0.5) is 24.5 Å². The van der Waals surface area contributed by atoms with Gasteiger partial charge >= 0.3 is 6.18 Å². The van der Waals surface area contributed by atoms with Crippen molar-refractivity contribution in [2.24, 2.45) is 10.6 Å². The van der Waals surface area contributed by atoms with Crippen LogP contribution in [0.25, 0.3) is 10.1 Å². The highest BCUT2D eigenvalue weighted by Gasteiger charge is 2.50. The van der Waals surface area contributed by atoms with Gasteiger partial charge in [-0.05, 0) is 54.8 Å². The van der Waals surface area contributed by atoms with Gasteiger partial charge in [-0.1, -0.05) is 24.0 Å². The molecule has 0 bridgehead atoms. The van der Waals surface area contributed by atoms with Gasteiger partial charge in [0.15, 0.2) is 0 Å². The molecule has 8 nitrogen and oxygen atoms in total. The quantitative estimate of drug-likeness (QED) is 0.289. The fourth-order valence-electron chi connectivity index (χ4n) is 6.47. The molecule has 2 aromatic carbocycles. The summed E-state index contributed by atoms with van der Waals surface area (Å²) in [4.78, 5) is 2.86. The summed E-state index contributed by atoms with van der Waals surface area (Å²) in [6.45, 7) is 4.13. The summed E-state index contributed by atoms with van der Waals surface area (Å²) >= 11 is 1.28. The van der Waals surface area contributed by atoms with Gasteiger partial charge < -0.3 is 20.1 Å². The highest BCUT2D eigenvalue weighted by molar-refractivity contribution is 7.89. The summed E-state index contributed by atoms with van der Waals surface area (Å²) in [7, 11) is -2.51. The molecule has 2 aliphatic heterocycles. The Balaban J connectivity index is 1.16. The van der Waals surface area contributed by atoms with Crippen molar-refractivity contribution < 1.29 is 31.1 Å². The molecule has 0 unspecified atom stereocenters. The van der Waals surface area contributed by atoms with Crippen LogP contribution in [0.1, 0.15) is 36.1 Å². The Bertz CT molecular complexity index is 1690. The second-order valence-electron chi connectivity index (χ2n) is 12.0. The molecule has 2 saturated heterocycles. The van der Waals surface area contributed by atoms with E-state index in [1.54, 1.807) is 12.1 Å². The van der Waals surface area contributed by atoms with Gasteiger partial charge in [-0.2, -0.15) is 13.2 Å². The Hall–Kier alpha value is -3.02. The molecule has 6 rings (SSSR count). The van der Waals surface area contributed by atoms with E-state index < -0.39 is 22.6 Å². The first kappa shape index (κ1) is 31.0. The molecule has 3 aliphatic rings. The maximum atomic E-state index is 13.7. The van der Waals surface area contributed by atoms with Gasteiger partial charge in [0.05, 0.1) is 59.1 Å². The van der Waals surface area contributed by atoms with Crippen LogP contribution in [0.2, 0.25) is 0 Å². The van der Waals surface area contributed by atoms with Gasteiger partial charge in [-0.25, -0.2) is 13.6 Å². The van der Waals surface area contributed by atoms with Crippen LogP contribution in [0.15, 0.2) is 41.3 Å². The minimum Gasteiger partial charge on any atom is -0.495 e. The Labute approximate surface area is 259 Å². The third-order valence-electron chi connectivity index (χ3n) is 8.73. The van der Waals surface area contributed by atoms with E-state index in [9.17, 15) is 21.6 Å². The lowest BCUT2D eigenvalue weighted by atomic mass is 9.75. The number of rotatable bonds is 8. The number of methoxy groups -OCH3 is 1. The number of benzene rings is 2. The number of fused-ring (bicyclic) bond motifs is 1. The van der Waals surface area contributed by atoms with Crippen LogP contribution >= 0.6 is 11.3 Å². The molecular weight excluding hydrogens is 613 g/mol. The van der Waals surface area contributed by atoms with Crippen LogP contribution < -0.4 is 20.5 Å². The molecule has 3 fully saturated rings. The Morgan fingerprint density at radius 1 is 1.14 bits per heavy atom. The Morgan fingerprint density at radius 3 is 2.52 bits per heavy atom. The highest BCUT2D eigenvalue weighted by atomic mass is 32.2. The standard InChI is InChI=1S/C31H35F3N4O4S2/c1-41-27-14-22(44(35,39)40)11-12-25(27)36-13-3-6-28-24(15-31(32,33)34)23-4-2-5-26(29(23)43-28)37-20-7-9-21(10-8-20)38-16-30(17-38)18-42-19-30/h2,4-5,11-12,14,20-21,36-37H,7-10,13,15-19H2,1H3,(H2,35,39,40). The van der Waals surface area contributed by atoms with Gasteiger partial charge in [-0.3, -0.25) is 4.90 Å². The second-order valence-corrected chi connectivity index (χ2v) is 14.6. The van der Waals surface area contributed by atoms with Crippen molar-refractivity contribution >= 4 is 42.8 Å². The number of nitrogens with one attached hydrogen (secondary N) is 2. The lowest BCUT2D eigenvalue weighted by molar-refractivity contribution is -0.200. The molecule has 3 heterocycles. The summed E-state index contributed by atoms with van der Waals surface area (Å²) in [6, 6.07) is 10.5. The first-order chi connectivity index (χ1) is 20.9. The monoisotopic (exact) mass is 648 g/mol. The smallest absolute Gasteiger partial charge is 0.393 e. The maximum absolute atomic E-state index is 13.7. The average molecular weight is 649 g/mol. The number of alkyl halides is 3. The summed E-state index contributed by atoms with van der Waals surface area (Å²) < 4.78 is 75.7. The van der Waals surface area contributed by atoms with Crippen LogP contribution in [-0.4, -0.2) is 71.5 Å². The van der Waals surface area contributed by atoms with E-state index >= 15 is 0 Å². The van der Waals surface area contributed by atoms with Crippen molar-refractivity contribution in [3.05, 3.63) is 46.8 Å². The molecule has 0 radical (unpaired) electrons. The van der Waals surface area contributed by atoms with Crippen molar-refractivity contribution in [3.8, 4) is 17.6 Å². The van der Waals surface area contributed by atoms with Gasteiger partial charge in [0.2, 0.25) is 10.0 Å². The molecule has 13 heteroatoms. The fraction of sp³-hybridized carbons (Fsp3) is 0.484. The SMILES string of the molecule is COc1cc(S(N)(=O)=O)ccc1NCC#Cc1sc2c(NC3CCC(N4CC5(COC5)C4)CC3)cccc2c1CC(F)(F)F. The van der Waals surface area contributed by atoms with Crippen molar-refractivity contribution in [1.29, 1.82) is 0 Å². The third-order valence-corrected chi connectivity index (χ3v) is 10.8. The first-order valence-corrected chi connectivity index (χ1v) is 16.9. The van der Waals surface area contributed by atoms with Crippen molar-refractivity contribution in [2.75, 3.05) is 50.6 Å². The van der Waals surface area contributed by atoms with Gasteiger partial charge in [0.1, 0.15) is 5.75 Å². The zero-order chi connectivity index (χ0) is 31.1. The predicted molar refractivity (Wildman–Crippen MR) is 166 cm³/mol. The van der Waals surface area contributed by atoms with E-state index in [4.69, 9.17) is 14.6 Å². The number of sulfonamides is 1. The van der Waals surface area contributed by atoms with Crippen LogP contribution in [0.5, 0.6) is 5.75 Å². The van der Waals surface area contributed by atoms with Crippen LogP contribution in [-0.2, 0) is 21.2 Å². The maximum Gasteiger partial charge on any atom is 0.393 e. The molecule has 1 spiro atoms. The van der Waals surface area contributed by atoms with Crippen LogP contribution in [0, 0.1) is 17.3 Å². The van der Waals surface area contributed by atoms with E-state index in [1.807, 2.05) is 6.07 Å². The number of primary sulfonamides is 1. The lowest BCUT2D eigenvalue weighted by Gasteiger charge is -2.58. The topological polar surface area (TPSA) is 106 Å². The molecule has 0 amide bonds. The number of thiophene rings is 1. The minimum atomic E-state index is -4.38. The Morgan fingerprint density at radius 2 is 1.89 bits per heavy atom. The van der Waals surface area contributed by atoms with E-state index in [0.29, 0.717) is 27.4 Å². The molecule has 44 heavy (non-hydrogen) atoms. The molecule has 4 N–H and O–H groups in total. The number of ether oxygens (including phenoxy) is 2. The normalized spacial score (nSPS) is 21.7. The van der Waals surface area contributed by atoms with Crippen molar-refractivity contribution in [3.63, 3.8) is 0 Å². The largest absolute Gasteiger partial charge is 0.495 e. The van der Waals surface area contributed by atoms with Gasteiger partial charge in [0, 0.05) is 36.7 Å². The number of hydrogen-bond acceptors (Lipinski definition) is 8. The summed E-state index contributed by atoms with van der Waals surface area (Å²) in [5, 5.41) is 12.4. The number of nitrogens with two attached hydrogens (primary N) is 1. The lowest BCUT2D eigenvalue weighted by Crippen LogP contribution is -2.68. The highest BCUT2D eigenvalue weighted by Crippen LogP contribution is 2.42. The molecular formula is C31H35F3N4O4S2. The number of hydrogen-bond donors (Lipinski definition) is 3. The molecule has 1 saturated carbocycles. The zero-order valence-electron chi connectivity index (χ0n) is 24.3. The van der Waals surface area contributed by atoms with Gasteiger partial charge in [-0.15, -0.1) is 11.3 Å². The van der Waals surface area contributed by atoms with Crippen LogP contribution in [0.3, 0.4) is 0 Å². The van der Waals surface area contributed by atoms with E-state index in [1.165, 1.54) is 36.6 Å². The number of nitrogens with zero attached hydrogens (tertiary/aromatic N) is 1. The number of anilines is 2. The third kappa shape index (κ3) is 6.65. The average Bonchev–Trinajstić information content (AvgIpc) is 3.26. The van der Waals surface area contributed by atoms with E-state index in [2.05, 4.69) is 27.4 Å². The number of likely N-dealkylation sites (tertiary alicyclic amines) is 1. The first-order valence-electron chi connectivity index (χ1n) is 14.6. The van der Waals surface area contributed by atoms with Crippen molar-refractivity contribution in [2.45, 2.75) is 55.3 Å². The molecule has 1 aromatic heterocycles. The number of halogens is 3. The zero-order valence-corrected chi connectivity index (χ0v) is 25.9. The molecule has 1 aliphatic carbocycles. The van der Waals surface area contributed by atoms with E-state index in [0.717, 1.165) is 62.4 Å². The van der Waals surface area contributed by atoms with Crippen molar-refractivity contribution in [1.82, 2.24) is 4.90 Å². The molecule has 3 aromatic rings. The summed E-state index contributed by atoms with van der Waals surface area (Å²) in [5.41, 5.74) is 1.91. The Kier molecular flexibility index (Phi) is 8.49. The summed E-state index contributed by atoms with van der Waals surface area (Å²) in [6.07, 6.45) is -1.21. The second kappa shape index (κ2) is 12.1. The minimum absolute atomic E-state index is 0.0981. The van der Waals surface area contributed by atoms with E-state index in [-0.39, 0.29) is 28.8 Å². The molecule has 236 valence electrons. The molecule has 0 atom stereocenters. The summed E-state index contributed by atoms with van der Waals surface area (Å²) in [5.74, 6) is 6.13. The predicted octanol–water partition coefficient (Wildman–Crippen LogP) is 5.18.